The van der Waals surface area contributed by atoms with Crippen LogP contribution < -0.4 is 16.0 Å². The zero-order valence-electron chi connectivity index (χ0n) is 18.4. The van der Waals surface area contributed by atoms with E-state index in [9.17, 15) is 22.4 Å². The van der Waals surface area contributed by atoms with E-state index in [0.717, 1.165) is 22.0 Å². The summed E-state index contributed by atoms with van der Waals surface area (Å²) in [6, 6.07) is 7.71. The number of halogens is 2. The van der Waals surface area contributed by atoms with Crippen molar-refractivity contribution in [3.8, 4) is 0 Å². The molecule has 0 bridgehead atoms. The van der Waals surface area contributed by atoms with Gasteiger partial charge in [0, 0.05) is 24.6 Å². The van der Waals surface area contributed by atoms with Crippen molar-refractivity contribution >= 4 is 44.9 Å². The Labute approximate surface area is 201 Å². The number of amides is 3. The first-order valence-corrected chi connectivity index (χ1v) is 12.3. The number of carbonyl (C=O) groups is 2. The first kappa shape index (κ1) is 23.8. The molecule has 0 aliphatic heterocycles. The van der Waals surface area contributed by atoms with Gasteiger partial charge in [-0.1, -0.05) is 11.6 Å². The summed E-state index contributed by atoms with van der Waals surface area (Å²) in [5, 5.41) is 7.49. The molecule has 0 saturated heterocycles. The van der Waals surface area contributed by atoms with E-state index in [4.69, 9.17) is 11.6 Å². The summed E-state index contributed by atoms with van der Waals surface area (Å²) in [5.41, 5.74) is 2.55. The molecule has 3 amide bonds. The molecule has 1 aliphatic rings. The van der Waals surface area contributed by atoms with Crippen LogP contribution in [0.3, 0.4) is 0 Å². The van der Waals surface area contributed by atoms with Crippen LogP contribution in [0.25, 0.3) is 0 Å². The number of fused-ring (bicyclic) bond motifs is 1. The minimum Gasteiger partial charge on any atom is -0.341 e. The molecular weight excluding hydrogens is 483 g/mol. The fourth-order valence-corrected chi connectivity index (χ4v) is 5.82. The molecule has 3 N–H and O–H groups in total. The molecule has 4 rings (SSSR count). The Morgan fingerprint density at radius 1 is 1.06 bits per heavy atom. The number of hydrogen-bond acceptors (Lipinski definition) is 4. The SMILES string of the molecule is CNC(=O)Nc1ccc(S(=O)(=O)n2cc3c(c2C(=O)Nc2ccc(F)c(Cl)c2)CCC3)c(C)c1. The van der Waals surface area contributed by atoms with Gasteiger partial charge in [-0.25, -0.2) is 21.6 Å². The molecule has 11 heteroatoms. The summed E-state index contributed by atoms with van der Waals surface area (Å²) < 4.78 is 41.8. The topological polar surface area (TPSA) is 109 Å². The summed E-state index contributed by atoms with van der Waals surface area (Å²) in [7, 11) is -2.67. The van der Waals surface area contributed by atoms with Crippen LogP contribution in [0, 0.1) is 12.7 Å². The molecule has 8 nitrogen and oxygen atoms in total. The highest BCUT2D eigenvalue weighted by Crippen LogP contribution is 2.32. The molecule has 1 aromatic heterocycles. The van der Waals surface area contributed by atoms with Gasteiger partial charge in [-0.05, 0) is 79.3 Å². The summed E-state index contributed by atoms with van der Waals surface area (Å²) in [4.78, 5) is 24.8. The number of nitrogens with zero attached hydrogens (tertiary/aromatic N) is 1. The van der Waals surface area contributed by atoms with Crippen LogP contribution in [0.5, 0.6) is 0 Å². The van der Waals surface area contributed by atoms with Gasteiger partial charge in [-0.2, -0.15) is 0 Å². The van der Waals surface area contributed by atoms with Crippen molar-refractivity contribution in [2.24, 2.45) is 0 Å². The first-order chi connectivity index (χ1) is 16.1. The fourth-order valence-electron chi connectivity index (χ4n) is 4.03. The van der Waals surface area contributed by atoms with Crippen molar-refractivity contribution in [2.75, 3.05) is 17.7 Å². The van der Waals surface area contributed by atoms with Gasteiger partial charge in [0.15, 0.2) is 0 Å². The van der Waals surface area contributed by atoms with Gasteiger partial charge in [-0.3, -0.25) is 4.79 Å². The fraction of sp³-hybridized carbons (Fsp3) is 0.217. The minimum absolute atomic E-state index is 0.00232. The number of hydrogen-bond donors (Lipinski definition) is 3. The van der Waals surface area contributed by atoms with Crippen LogP contribution in [0.4, 0.5) is 20.6 Å². The molecule has 0 spiro atoms. The van der Waals surface area contributed by atoms with E-state index in [-0.39, 0.29) is 21.3 Å². The van der Waals surface area contributed by atoms with Crippen molar-refractivity contribution in [3.05, 3.63) is 75.8 Å². The van der Waals surface area contributed by atoms with E-state index in [1.165, 1.54) is 37.5 Å². The van der Waals surface area contributed by atoms with Gasteiger partial charge in [-0.15, -0.1) is 0 Å². The number of benzene rings is 2. The van der Waals surface area contributed by atoms with Crippen molar-refractivity contribution in [1.29, 1.82) is 0 Å². The lowest BCUT2D eigenvalue weighted by molar-refractivity contribution is 0.102. The third-order valence-corrected chi connectivity index (χ3v) is 7.74. The number of carbonyl (C=O) groups excluding carboxylic acids is 2. The number of aryl methyl sites for hydroxylation is 2. The third-order valence-electron chi connectivity index (χ3n) is 5.63. The van der Waals surface area contributed by atoms with Crippen molar-refractivity contribution < 1.29 is 22.4 Å². The Morgan fingerprint density at radius 2 is 1.76 bits per heavy atom. The molecule has 34 heavy (non-hydrogen) atoms. The highest BCUT2D eigenvalue weighted by atomic mass is 35.5. The van der Waals surface area contributed by atoms with Gasteiger partial charge in [0.05, 0.1) is 9.92 Å². The molecule has 0 atom stereocenters. The highest BCUT2D eigenvalue weighted by Gasteiger charge is 2.32. The van der Waals surface area contributed by atoms with E-state index >= 15 is 0 Å². The lowest BCUT2D eigenvalue weighted by atomic mass is 10.2. The van der Waals surface area contributed by atoms with Crippen LogP contribution in [0.1, 0.15) is 33.6 Å². The van der Waals surface area contributed by atoms with E-state index in [1.807, 2.05) is 0 Å². The van der Waals surface area contributed by atoms with E-state index < -0.39 is 27.8 Å². The molecule has 0 radical (unpaired) electrons. The number of rotatable bonds is 5. The predicted octanol–water partition coefficient (Wildman–Crippen LogP) is 4.32. The molecular formula is C23H22ClFN4O4S. The average Bonchev–Trinajstić information content (AvgIpc) is 3.37. The molecule has 0 fully saturated rings. The van der Waals surface area contributed by atoms with Crippen LogP contribution in [0.2, 0.25) is 5.02 Å². The zero-order valence-corrected chi connectivity index (χ0v) is 20.0. The number of anilines is 2. The number of nitrogens with one attached hydrogen (secondary N) is 3. The monoisotopic (exact) mass is 504 g/mol. The molecule has 1 heterocycles. The predicted molar refractivity (Wildman–Crippen MR) is 128 cm³/mol. The number of aromatic nitrogens is 1. The standard InChI is InChI=1S/C23H22ClFN4O4S/c1-13-10-15(28-23(31)26-2)7-9-20(13)34(32,33)29-12-14-4-3-5-17(14)21(29)22(30)27-16-6-8-19(25)18(24)11-16/h6-12H,3-5H2,1-2H3,(H,27,30)(H2,26,28,31). The summed E-state index contributed by atoms with van der Waals surface area (Å²) in [6.45, 7) is 1.61. The van der Waals surface area contributed by atoms with Crippen molar-refractivity contribution in [2.45, 2.75) is 31.1 Å². The van der Waals surface area contributed by atoms with Crippen LogP contribution >= 0.6 is 11.6 Å². The van der Waals surface area contributed by atoms with E-state index in [0.29, 0.717) is 29.7 Å². The lowest BCUT2D eigenvalue weighted by Crippen LogP contribution is -2.25. The lowest BCUT2D eigenvalue weighted by Gasteiger charge is -2.15. The maximum absolute atomic E-state index is 13.6. The van der Waals surface area contributed by atoms with Gasteiger partial charge in [0.2, 0.25) is 0 Å². The Kier molecular flexibility index (Phi) is 6.37. The zero-order chi connectivity index (χ0) is 24.6. The second-order valence-electron chi connectivity index (χ2n) is 7.90. The second-order valence-corrected chi connectivity index (χ2v) is 10.1. The summed E-state index contributed by atoms with van der Waals surface area (Å²) in [6.07, 6.45) is 3.53. The van der Waals surface area contributed by atoms with Gasteiger partial charge >= 0.3 is 6.03 Å². The van der Waals surface area contributed by atoms with Crippen LogP contribution in [-0.4, -0.2) is 31.4 Å². The van der Waals surface area contributed by atoms with Gasteiger partial charge < -0.3 is 16.0 Å². The maximum atomic E-state index is 13.6. The van der Waals surface area contributed by atoms with Crippen LogP contribution in [0.15, 0.2) is 47.5 Å². The highest BCUT2D eigenvalue weighted by molar-refractivity contribution is 7.90. The van der Waals surface area contributed by atoms with E-state index in [2.05, 4.69) is 16.0 Å². The summed E-state index contributed by atoms with van der Waals surface area (Å²) >= 11 is 5.81. The Balaban J connectivity index is 1.74. The van der Waals surface area contributed by atoms with Crippen molar-refractivity contribution in [1.82, 2.24) is 9.29 Å². The van der Waals surface area contributed by atoms with Crippen LogP contribution in [-0.2, 0) is 22.9 Å². The first-order valence-electron chi connectivity index (χ1n) is 10.5. The quantitative estimate of drug-likeness (QED) is 0.480. The molecule has 0 saturated carbocycles. The molecule has 3 aromatic rings. The van der Waals surface area contributed by atoms with Gasteiger partial charge in [0.1, 0.15) is 11.5 Å². The minimum atomic E-state index is -4.14. The molecule has 1 aliphatic carbocycles. The van der Waals surface area contributed by atoms with Gasteiger partial charge in [0.25, 0.3) is 15.9 Å². The summed E-state index contributed by atoms with van der Waals surface area (Å²) in [5.74, 6) is -1.26. The smallest absolute Gasteiger partial charge is 0.318 e. The second kappa shape index (κ2) is 9.11. The molecule has 0 unspecified atom stereocenters. The Hall–Kier alpha value is -3.37. The maximum Gasteiger partial charge on any atom is 0.318 e. The number of urea groups is 1. The average molecular weight is 505 g/mol. The normalized spacial score (nSPS) is 12.8. The largest absolute Gasteiger partial charge is 0.341 e. The Morgan fingerprint density at radius 3 is 2.44 bits per heavy atom. The molecule has 178 valence electrons. The Bertz CT molecular complexity index is 1420. The van der Waals surface area contributed by atoms with Crippen molar-refractivity contribution in [3.63, 3.8) is 0 Å². The molecule has 2 aromatic carbocycles. The third kappa shape index (κ3) is 4.38. The van der Waals surface area contributed by atoms with E-state index in [1.54, 1.807) is 13.0 Å².